The van der Waals surface area contributed by atoms with Crippen molar-refractivity contribution in [1.82, 2.24) is 9.88 Å². The van der Waals surface area contributed by atoms with Gasteiger partial charge in [0, 0.05) is 37.8 Å². The van der Waals surface area contributed by atoms with Crippen LogP contribution < -0.4 is 5.73 Å². The molecule has 2 aliphatic rings. The van der Waals surface area contributed by atoms with Crippen LogP contribution in [-0.4, -0.2) is 21.6 Å². The number of Topliss-reactive ketones (excluding diaryl/α,β-unsaturated/α-hetero) is 1. The fourth-order valence-electron chi connectivity index (χ4n) is 4.96. The van der Waals surface area contributed by atoms with Crippen molar-refractivity contribution in [2.45, 2.75) is 52.1 Å². The van der Waals surface area contributed by atoms with Crippen molar-refractivity contribution in [3.8, 4) is 0 Å². The van der Waals surface area contributed by atoms with Gasteiger partial charge in [0.25, 0.3) is 0 Å². The number of nitrogens with zero attached hydrogens (tertiary/aromatic N) is 1. The lowest BCUT2D eigenvalue weighted by Crippen LogP contribution is -2.37. The van der Waals surface area contributed by atoms with Crippen LogP contribution in [-0.2, 0) is 17.9 Å². The first kappa shape index (κ1) is 21.4. The minimum atomic E-state index is -0.332. The summed E-state index contributed by atoms with van der Waals surface area (Å²) in [6, 6.07) is 4.62. The standard InChI is InChI=1S/C23H26Cl2N3O2/c1-13-5-18(24)22(19(25)6-13)23(30)15-4-2-3-14(7-15)20(8-21(26)29)28-11-16-9-27-10-17(16)12-28/h5-6,9-10,14-15,27H,2-4,7-8,11-12H2,1H3,(H2,26,29). The lowest BCUT2D eigenvalue weighted by Gasteiger charge is -2.38. The average molecular weight is 447 g/mol. The summed E-state index contributed by atoms with van der Waals surface area (Å²) in [5.74, 6) is -0.343. The lowest BCUT2D eigenvalue weighted by molar-refractivity contribution is -0.118. The van der Waals surface area contributed by atoms with Gasteiger partial charge in [-0.25, -0.2) is 0 Å². The summed E-state index contributed by atoms with van der Waals surface area (Å²) < 4.78 is 0. The van der Waals surface area contributed by atoms with E-state index in [1.165, 1.54) is 11.1 Å². The smallest absolute Gasteiger partial charge is 0.219 e. The number of hydrogen-bond donors (Lipinski definition) is 2. The molecule has 1 aliphatic carbocycles. The van der Waals surface area contributed by atoms with Gasteiger partial charge in [0.05, 0.1) is 21.7 Å². The second-order valence-corrected chi connectivity index (χ2v) is 9.34. The van der Waals surface area contributed by atoms with Gasteiger partial charge in [-0.3, -0.25) is 14.5 Å². The number of nitrogens with one attached hydrogen (secondary N) is 1. The van der Waals surface area contributed by atoms with E-state index < -0.39 is 0 Å². The molecule has 2 heterocycles. The zero-order chi connectivity index (χ0) is 21.4. The molecule has 1 radical (unpaired) electrons. The molecular weight excluding hydrogens is 421 g/mol. The molecule has 1 saturated carbocycles. The molecule has 7 heteroatoms. The third kappa shape index (κ3) is 4.29. The predicted octanol–water partition coefficient (Wildman–Crippen LogP) is 5.04. The molecule has 1 fully saturated rings. The highest BCUT2D eigenvalue weighted by Crippen LogP contribution is 2.43. The number of halogens is 2. The zero-order valence-corrected chi connectivity index (χ0v) is 18.5. The highest BCUT2D eigenvalue weighted by molar-refractivity contribution is 6.40. The first-order valence-corrected chi connectivity index (χ1v) is 11.1. The largest absolute Gasteiger partial charge is 0.370 e. The number of amides is 1. The minimum Gasteiger partial charge on any atom is -0.370 e. The van der Waals surface area contributed by atoms with Crippen LogP contribution in [0.4, 0.5) is 0 Å². The van der Waals surface area contributed by atoms with Crippen LogP contribution in [0.25, 0.3) is 0 Å². The van der Waals surface area contributed by atoms with Crippen LogP contribution in [0.1, 0.15) is 59.2 Å². The zero-order valence-electron chi connectivity index (χ0n) is 17.0. The quantitative estimate of drug-likeness (QED) is 0.609. The van der Waals surface area contributed by atoms with E-state index in [2.05, 4.69) is 9.88 Å². The van der Waals surface area contributed by atoms with Crippen molar-refractivity contribution in [2.75, 3.05) is 0 Å². The van der Waals surface area contributed by atoms with Crippen molar-refractivity contribution in [3.05, 3.63) is 62.9 Å². The summed E-state index contributed by atoms with van der Waals surface area (Å²) in [5.41, 5.74) is 9.44. The van der Waals surface area contributed by atoms with Gasteiger partial charge in [-0.05, 0) is 60.9 Å². The molecule has 159 valence electrons. The molecule has 2 aromatic rings. The first-order chi connectivity index (χ1) is 14.3. The summed E-state index contributed by atoms with van der Waals surface area (Å²) in [7, 11) is 0. The molecule has 2 unspecified atom stereocenters. The number of H-pyrrole nitrogens is 1. The van der Waals surface area contributed by atoms with Crippen molar-refractivity contribution in [1.29, 1.82) is 0 Å². The number of carbonyl (C=O) groups is 2. The van der Waals surface area contributed by atoms with E-state index in [9.17, 15) is 9.59 Å². The van der Waals surface area contributed by atoms with Gasteiger partial charge in [-0.2, -0.15) is 0 Å². The maximum absolute atomic E-state index is 13.3. The number of benzene rings is 1. The molecule has 1 aromatic heterocycles. The molecule has 0 spiro atoms. The van der Waals surface area contributed by atoms with Crippen LogP contribution >= 0.6 is 23.2 Å². The van der Waals surface area contributed by atoms with Gasteiger partial charge in [-0.15, -0.1) is 0 Å². The average Bonchev–Trinajstić information content (AvgIpc) is 3.27. The second-order valence-electron chi connectivity index (χ2n) is 8.52. The summed E-state index contributed by atoms with van der Waals surface area (Å²) in [5, 5.41) is 0.819. The highest BCUT2D eigenvalue weighted by atomic mass is 35.5. The maximum atomic E-state index is 13.3. The number of aromatic nitrogens is 1. The van der Waals surface area contributed by atoms with E-state index in [1.807, 2.05) is 19.3 Å². The Hall–Kier alpha value is -1.82. The van der Waals surface area contributed by atoms with Gasteiger partial charge < -0.3 is 10.7 Å². The minimum absolute atomic E-state index is 0.000957. The maximum Gasteiger partial charge on any atom is 0.219 e. The Morgan fingerprint density at radius 3 is 2.30 bits per heavy atom. The van der Waals surface area contributed by atoms with Crippen molar-refractivity contribution in [3.63, 3.8) is 0 Å². The topological polar surface area (TPSA) is 79.2 Å². The van der Waals surface area contributed by atoms with E-state index in [-0.39, 0.29) is 29.9 Å². The predicted molar refractivity (Wildman–Crippen MR) is 118 cm³/mol. The number of carbonyl (C=O) groups excluding carboxylic acids is 2. The van der Waals surface area contributed by atoms with E-state index >= 15 is 0 Å². The Balaban J connectivity index is 1.53. The first-order valence-electron chi connectivity index (χ1n) is 10.4. The normalized spacial score (nSPS) is 21.7. The van der Waals surface area contributed by atoms with Gasteiger partial charge in [-0.1, -0.05) is 29.6 Å². The van der Waals surface area contributed by atoms with E-state index in [4.69, 9.17) is 28.9 Å². The summed E-state index contributed by atoms with van der Waals surface area (Å²) >= 11 is 12.8. The molecule has 0 saturated heterocycles. The number of rotatable bonds is 6. The number of primary amides is 1. The van der Waals surface area contributed by atoms with Crippen LogP contribution in [0.15, 0.2) is 24.5 Å². The van der Waals surface area contributed by atoms with Gasteiger partial charge in [0.1, 0.15) is 0 Å². The monoisotopic (exact) mass is 446 g/mol. The molecule has 30 heavy (non-hydrogen) atoms. The van der Waals surface area contributed by atoms with Crippen LogP contribution in [0.2, 0.25) is 10.0 Å². The Morgan fingerprint density at radius 2 is 1.70 bits per heavy atom. The fraction of sp³-hybridized carbons (Fsp3) is 0.435. The molecule has 0 bridgehead atoms. The van der Waals surface area contributed by atoms with Gasteiger partial charge in [0.2, 0.25) is 5.91 Å². The number of aromatic amines is 1. The van der Waals surface area contributed by atoms with E-state index in [1.54, 1.807) is 12.1 Å². The highest BCUT2D eigenvalue weighted by Gasteiger charge is 2.38. The Morgan fingerprint density at radius 1 is 1.10 bits per heavy atom. The third-order valence-corrected chi connectivity index (χ3v) is 6.96. The van der Waals surface area contributed by atoms with E-state index in [0.29, 0.717) is 22.0 Å². The van der Waals surface area contributed by atoms with Crippen molar-refractivity contribution in [2.24, 2.45) is 17.6 Å². The number of nitrogens with two attached hydrogens (primary N) is 1. The van der Waals surface area contributed by atoms with E-state index in [0.717, 1.165) is 44.0 Å². The molecule has 3 N–H and O–H groups in total. The Kier molecular flexibility index (Phi) is 6.24. The van der Waals surface area contributed by atoms with Crippen LogP contribution in [0, 0.1) is 24.8 Å². The molecule has 5 nitrogen and oxygen atoms in total. The number of fused-ring (bicyclic) bond motifs is 1. The molecule has 1 amide bonds. The number of ketones is 1. The molecule has 1 aromatic carbocycles. The molecule has 4 rings (SSSR count). The fourth-order valence-corrected chi connectivity index (χ4v) is 5.74. The van der Waals surface area contributed by atoms with Crippen LogP contribution in [0.5, 0.6) is 0 Å². The van der Waals surface area contributed by atoms with Crippen LogP contribution in [0.3, 0.4) is 0 Å². The SMILES string of the molecule is Cc1cc(Cl)c(C(=O)C2CCCC([C](CC(N)=O)N3Cc4c[nH]cc4C3)C2)c(Cl)c1. The summed E-state index contributed by atoms with van der Waals surface area (Å²) in [6.45, 7) is 3.44. The summed E-state index contributed by atoms with van der Waals surface area (Å²) in [6.07, 6.45) is 7.61. The number of aryl methyl sites for hydroxylation is 1. The molecule has 1 aliphatic heterocycles. The Labute approximate surface area is 186 Å². The second kappa shape index (κ2) is 8.74. The van der Waals surface area contributed by atoms with Gasteiger partial charge >= 0.3 is 0 Å². The molecule has 2 atom stereocenters. The number of hydrogen-bond acceptors (Lipinski definition) is 3. The van der Waals surface area contributed by atoms with Gasteiger partial charge in [0.15, 0.2) is 5.78 Å². The van der Waals surface area contributed by atoms with Crippen molar-refractivity contribution < 1.29 is 9.59 Å². The lowest BCUT2D eigenvalue weighted by atomic mass is 9.74. The molecular formula is C23H26Cl2N3O2. The van der Waals surface area contributed by atoms with Crippen molar-refractivity contribution >= 4 is 34.9 Å². The Bertz CT molecular complexity index is 928. The third-order valence-electron chi connectivity index (χ3n) is 6.36. The summed E-state index contributed by atoms with van der Waals surface area (Å²) in [4.78, 5) is 30.6.